The van der Waals surface area contributed by atoms with Crippen LogP contribution in [0.25, 0.3) is 0 Å². The van der Waals surface area contributed by atoms with E-state index in [4.69, 9.17) is 15.2 Å². The Hall–Kier alpha value is -2.57. The van der Waals surface area contributed by atoms with Gasteiger partial charge in [-0.15, -0.1) is 0 Å². The van der Waals surface area contributed by atoms with Gasteiger partial charge in [-0.1, -0.05) is 0 Å². The molecule has 0 radical (unpaired) electrons. The van der Waals surface area contributed by atoms with E-state index in [0.29, 0.717) is 43.0 Å². The first kappa shape index (κ1) is 17.8. The van der Waals surface area contributed by atoms with Gasteiger partial charge in [0.15, 0.2) is 23.9 Å². The number of nitrogens with zero attached hydrogens (tertiary/aromatic N) is 1. The normalized spacial score (nSPS) is 15.0. The molecule has 0 atom stereocenters. The topological polar surface area (TPSA) is 98.9 Å². The third kappa shape index (κ3) is 4.24. The molecule has 0 saturated carbocycles. The Morgan fingerprint density at radius 2 is 1.88 bits per heavy atom. The number of nitrogens with two attached hydrogens (primary N) is 1. The molecule has 7 nitrogen and oxygen atoms in total. The van der Waals surface area contributed by atoms with Gasteiger partial charge < -0.3 is 20.1 Å². The molecule has 1 heterocycles. The number of hydrogen-bond donors (Lipinski definition) is 1. The number of piperidine rings is 1. The molecule has 2 N–H and O–H groups in total. The van der Waals surface area contributed by atoms with Gasteiger partial charge in [0, 0.05) is 24.6 Å². The highest BCUT2D eigenvalue weighted by Crippen LogP contribution is 2.28. The summed E-state index contributed by atoms with van der Waals surface area (Å²) < 4.78 is 10.7. The monoisotopic (exact) mass is 334 g/mol. The molecule has 24 heavy (non-hydrogen) atoms. The van der Waals surface area contributed by atoms with Crippen LogP contribution in [-0.4, -0.2) is 49.3 Å². The van der Waals surface area contributed by atoms with Crippen molar-refractivity contribution >= 4 is 17.6 Å². The average molecular weight is 334 g/mol. The molecule has 1 aliphatic rings. The number of carbonyl (C=O) groups is 3. The van der Waals surface area contributed by atoms with Gasteiger partial charge in [0.05, 0.1) is 7.11 Å². The second-order valence-corrected chi connectivity index (χ2v) is 5.77. The summed E-state index contributed by atoms with van der Waals surface area (Å²) in [5, 5.41) is 0. The van der Waals surface area contributed by atoms with Crippen LogP contribution < -0.4 is 15.2 Å². The summed E-state index contributed by atoms with van der Waals surface area (Å²) in [5.74, 6) is 0.109. The number of carbonyl (C=O) groups excluding carboxylic acids is 3. The zero-order valence-corrected chi connectivity index (χ0v) is 13.9. The second-order valence-electron chi connectivity index (χ2n) is 5.77. The summed E-state index contributed by atoms with van der Waals surface area (Å²) in [7, 11) is 1.47. The molecule has 0 aromatic heterocycles. The van der Waals surface area contributed by atoms with Crippen LogP contribution in [0.5, 0.6) is 11.5 Å². The molecule has 130 valence electrons. The Kier molecular flexibility index (Phi) is 5.78. The highest BCUT2D eigenvalue weighted by atomic mass is 16.5. The van der Waals surface area contributed by atoms with Crippen molar-refractivity contribution in [1.29, 1.82) is 0 Å². The molecule has 1 fully saturated rings. The van der Waals surface area contributed by atoms with Gasteiger partial charge in [-0.05, 0) is 38.0 Å². The summed E-state index contributed by atoms with van der Waals surface area (Å²) in [6.07, 6.45) is 1.16. The smallest absolute Gasteiger partial charge is 0.260 e. The molecule has 1 aromatic rings. The van der Waals surface area contributed by atoms with E-state index < -0.39 is 0 Å². The molecule has 7 heteroatoms. The Morgan fingerprint density at radius 1 is 1.21 bits per heavy atom. The van der Waals surface area contributed by atoms with Crippen molar-refractivity contribution in [1.82, 2.24) is 4.90 Å². The molecule has 2 rings (SSSR count). The molecule has 0 aliphatic carbocycles. The first-order valence-corrected chi connectivity index (χ1v) is 7.81. The fourth-order valence-electron chi connectivity index (χ4n) is 2.65. The van der Waals surface area contributed by atoms with Crippen LogP contribution in [0.1, 0.15) is 30.1 Å². The van der Waals surface area contributed by atoms with Gasteiger partial charge in [-0.2, -0.15) is 0 Å². The van der Waals surface area contributed by atoms with Gasteiger partial charge in [0.2, 0.25) is 5.91 Å². The lowest BCUT2D eigenvalue weighted by atomic mass is 9.96. The Morgan fingerprint density at radius 3 is 2.42 bits per heavy atom. The van der Waals surface area contributed by atoms with E-state index in [1.165, 1.54) is 14.0 Å². The minimum atomic E-state index is -0.311. The molecular weight excluding hydrogens is 312 g/mol. The highest BCUT2D eigenvalue weighted by molar-refractivity contribution is 5.94. The maximum Gasteiger partial charge on any atom is 0.260 e. The fourth-order valence-corrected chi connectivity index (χ4v) is 2.65. The van der Waals surface area contributed by atoms with Crippen LogP contribution >= 0.6 is 0 Å². The Balaban J connectivity index is 1.92. The molecule has 2 amide bonds. The molecule has 0 bridgehead atoms. The predicted molar refractivity (Wildman–Crippen MR) is 87.0 cm³/mol. The van der Waals surface area contributed by atoms with Crippen LogP contribution in [0, 0.1) is 5.92 Å². The predicted octanol–water partition coefficient (Wildman–Crippen LogP) is 1.00. The quantitative estimate of drug-likeness (QED) is 0.783. The SMILES string of the molecule is COc1cc(C(C)=O)ccc1OCC(=O)N1CCC(C(N)=O)CC1. The molecule has 0 unspecified atom stereocenters. The van der Waals surface area contributed by atoms with Gasteiger partial charge in [0.25, 0.3) is 5.91 Å². The van der Waals surface area contributed by atoms with E-state index in [2.05, 4.69) is 0 Å². The van der Waals surface area contributed by atoms with Crippen LogP contribution in [0.3, 0.4) is 0 Å². The van der Waals surface area contributed by atoms with Crippen LogP contribution in [0.2, 0.25) is 0 Å². The largest absolute Gasteiger partial charge is 0.493 e. The number of amides is 2. The van der Waals surface area contributed by atoms with Crippen molar-refractivity contribution in [2.24, 2.45) is 11.7 Å². The average Bonchev–Trinajstić information content (AvgIpc) is 2.59. The third-order valence-corrected chi connectivity index (χ3v) is 4.17. The van der Waals surface area contributed by atoms with Crippen LogP contribution in [-0.2, 0) is 9.59 Å². The van der Waals surface area contributed by atoms with Crippen molar-refractivity contribution in [2.75, 3.05) is 26.8 Å². The maximum absolute atomic E-state index is 12.2. The van der Waals surface area contributed by atoms with Crippen molar-refractivity contribution < 1.29 is 23.9 Å². The number of benzene rings is 1. The summed E-state index contributed by atoms with van der Waals surface area (Å²) in [5.41, 5.74) is 5.80. The summed E-state index contributed by atoms with van der Waals surface area (Å²) >= 11 is 0. The van der Waals surface area contributed by atoms with Crippen molar-refractivity contribution in [2.45, 2.75) is 19.8 Å². The first-order chi connectivity index (χ1) is 11.4. The molecule has 1 saturated heterocycles. The molecule has 1 aromatic carbocycles. The molecule has 1 aliphatic heterocycles. The minimum Gasteiger partial charge on any atom is -0.493 e. The zero-order valence-electron chi connectivity index (χ0n) is 13.9. The summed E-state index contributed by atoms with van der Waals surface area (Å²) in [4.78, 5) is 36.4. The lowest BCUT2D eigenvalue weighted by Crippen LogP contribution is -2.43. The van der Waals surface area contributed by atoms with E-state index in [0.717, 1.165) is 0 Å². The number of ketones is 1. The lowest BCUT2D eigenvalue weighted by Gasteiger charge is -2.30. The number of methoxy groups -OCH3 is 1. The molecular formula is C17H22N2O5. The number of Topliss-reactive ketones (excluding diaryl/α,β-unsaturated/α-hetero) is 1. The zero-order chi connectivity index (χ0) is 17.7. The van der Waals surface area contributed by atoms with Crippen molar-refractivity contribution in [3.8, 4) is 11.5 Å². The van der Waals surface area contributed by atoms with Gasteiger partial charge in [0.1, 0.15) is 0 Å². The summed E-state index contributed by atoms with van der Waals surface area (Å²) in [6.45, 7) is 2.33. The first-order valence-electron chi connectivity index (χ1n) is 7.81. The van der Waals surface area contributed by atoms with Crippen LogP contribution in [0.15, 0.2) is 18.2 Å². The maximum atomic E-state index is 12.2. The van der Waals surface area contributed by atoms with E-state index in [1.54, 1.807) is 23.1 Å². The van der Waals surface area contributed by atoms with Gasteiger partial charge in [-0.25, -0.2) is 0 Å². The van der Waals surface area contributed by atoms with E-state index in [9.17, 15) is 14.4 Å². The van der Waals surface area contributed by atoms with E-state index in [1.807, 2.05) is 0 Å². The van der Waals surface area contributed by atoms with Crippen molar-refractivity contribution in [3.63, 3.8) is 0 Å². The fraction of sp³-hybridized carbons (Fsp3) is 0.471. The number of rotatable bonds is 6. The number of ether oxygens (including phenoxy) is 2. The highest BCUT2D eigenvalue weighted by Gasteiger charge is 2.26. The van der Waals surface area contributed by atoms with Gasteiger partial charge >= 0.3 is 0 Å². The lowest BCUT2D eigenvalue weighted by molar-refractivity contribution is -0.136. The number of hydrogen-bond acceptors (Lipinski definition) is 5. The molecule has 0 spiro atoms. The Labute approximate surface area is 140 Å². The summed E-state index contributed by atoms with van der Waals surface area (Å²) in [6, 6.07) is 4.83. The standard InChI is InChI=1S/C17H22N2O5/c1-11(20)13-3-4-14(15(9-13)23-2)24-10-16(21)19-7-5-12(6-8-19)17(18)22/h3-4,9,12H,5-8,10H2,1-2H3,(H2,18,22). The van der Waals surface area contributed by atoms with E-state index >= 15 is 0 Å². The van der Waals surface area contributed by atoms with E-state index in [-0.39, 0.29) is 30.1 Å². The number of primary amides is 1. The minimum absolute atomic E-state index is 0.0757. The Bertz CT molecular complexity index is 636. The third-order valence-electron chi connectivity index (χ3n) is 4.17. The second kappa shape index (κ2) is 7.81. The number of likely N-dealkylation sites (tertiary alicyclic amines) is 1. The van der Waals surface area contributed by atoms with Crippen LogP contribution in [0.4, 0.5) is 0 Å². The van der Waals surface area contributed by atoms with Crippen molar-refractivity contribution in [3.05, 3.63) is 23.8 Å². The van der Waals surface area contributed by atoms with Gasteiger partial charge in [-0.3, -0.25) is 14.4 Å².